The van der Waals surface area contributed by atoms with Crippen LogP contribution in [0.3, 0.4) is 0 Å². The predicted molar refractivity (Wildman–Crippen MR) is 77.2 cm³/mol. The second-order valence-electron chi connectivity index (χ2n) is 4.06. The molecule has 0 spiro atoms. The molecule has 2 N–H and O–H groups in total. The quantitative estimate of drug-likeness (QED) is 0.875. The van der Waals surface area contributed by atoms with Crippen molar-refractivity contribution >= 4 is 28.8 Å². The number of methoxy groups -OCH3 is 1. The zero-order valence-corrected chi connectivity index (χ0v) is 11.8. The van der Waals surface area contributed by atoms with Gasteiger partial charge in [-0.2, -0.15) is 0 Å². The zero-order chi connectivity index (χ0) is 14.0. The lowest BCUT2D eigenvalue weighted by Gasteiger charge is -2.20. The number of nitrogens with zero attached hydrogens (tertiary/aromatic N) is 3. The number of halogens is 1. The predicted octanol–water partition coefficient (Wildman–Crippen LogP) is 2.80. The standard InChI is InChI=1S/C13H15ClN4O/c1-8-16-12(14)11(15)13(17-8)18(2)9-4-6-10(19-3)7-5-9/h4-7H,15H2,1-3H3. The van der Waals surface area contributed by atoms with Crippen molar-refractivity contribution in [1.29, 1.82) is 0 Å². The number of benzene rings is 1. The van der Waals surface area contributed by atoms with Crippen molar-refractivity contribution < 1.29 is 4.74 Å². The molecule has 6 heteroatoms. The highest BCUT2D eigenvalue weighted by molar-refractivity contribution is 6.32. The van der Waals surface area contributed by atoms with E-state index in [2.05, 4.69) is 9.97 Å². The Morgan fingerprint density at radius 2 is 1.84 bits per heavy atom. The van der Waals surface area contributed by atoms with Gasteiger partial charge in [0.2, 0.25) is 0 Å². The number of nitrogen functional groups attached to an aromatic ring is 1. The minimum absolute atomic E-state index is 0.267. The number of aryl methyl sites for hydroxylation is 1. The first-order chi connectivity index (χ1) is 9.02. The van der Waals surface area contributed by atoms with Crippen LogP contribution in [-0.4, -0.2) is 24.1 Å². The van der Waals surface area contributed by atoms with E-state index in [-0.39, 0.29) is 5.15 Å². The number of rotatable bonds is 3. The van der Waals surface area contributed by atoms with Crippen LogP contribution in [-0.2, 0) is 0 Å². The second kappa shape index (κ2) is 5.32. The van der Waals surface area contributed by atoms with Crippen LogP contribution in [0.5, 0.6) is 5.75 Å². The van der Waals surface area contributed by atoms with Crippen LogP contribution in [0.1, 0.15) is 5.82 Å². The van der Waals surface area contributed by atoms with Gasteiger partial charge >= 0.3 is 0 Å². The Labute approximate surface area is 117 Å². The summed E-state index contributed by atoms with van der Waals surface area (Å²) in [6.45, 7) is 1.77. The Morgan fingerprint density at radius 3 is 2.42 bits per heavy atom. The minimum atomic E-state index is 0.267. The van der Waals surface area contributed by atoms with Crippen LogP contribution in [0.4, 0.5) is 17.2 Å². The van der Waals surface area contributed by atoms with Gasteiger partial charge in [0.25, 0.3) is 0 Å². The van der Waals surface area contributed by atoms with Crippen LogP contribution in [0.15, 0.2) is 24.3 Å². The van der Waals surface area contributed by atoms with Gasteiger partial charge < -0.3 is 15.4 Å². The smallest absolute Gasteiger partial charge is 0.161 e. The van der Waals surface area contributed by atoms with Crippen molar-refractivity contribution in [2.45, 2.75) is 6.92 Å². The van der Waals surface area contributed by atoms with Gasteiger partial charge in [-0.1, -0.05) is 11.6 Å². The lowest BCUT2D eigenvalue weighted by atomic mass is 10.2. The average Bonchev–Trinajstić information content (AvgIpc) is 2.42. The van der Waals surface area contributed by atoms with E-state index in [4.69, 9.17) is 22.1 Å². The highest BCUT2D eigenvalue weighted by Crippen LogP contribution is 2.31. The van der Waals surface area contributed by atoms with Crippen molar-refractivity contribution in [3.05, 3.63) is 35.2 Å². The average molecular weight is 279 g/mol. The molecule has 0 aliphatic carbocycles. The van der Waals surface area contributed by atoms with Gasteiger partial charge in [-0.25, -0.2) is 9.97 Å². The van der Waals surface area contributed by atoms with E-state index in [0.717, 1.165) is 11.4 Å². The van der Waals surface area contributed by atoms with E-state index in [9.17, 15) is 0 Å². The Bertz CT molecular complexity index is 586. The van der Waals surface area contributed by atoms with E-state index in [1.54, 1.807) is 14.0 Å². The van der Waals surface area contributed by atoms with E-state index in [1.807, 2.05) is 36.2 Å². The monoisotopic (exact) mass is 278 g/mol. The Balaban J connectivity index is 2.40. The van der Waals surface area contributed by atoms with Crippen LogP contribution in [0.2, 0.25) is 5.15 Å². The summed E-state index contributed by atoms with van der Waals surface area (Å²) >= 11 is 5.98. The van der Waals surface area contributed by atoms with Gasteiger partial charge in [-0.15, -0.1) is 0 Å². The lowest BCUT2D eigenvalue weighted by molar-refractivity contribution is 0.415. The van der Waals surface area contributed by atoms with E-state index in [1.165, 1.54) is 0 Å². The van der Waals surface area contributed by atoms with E-state index in [0.29, 0.717) is 17.3 Å². The maximum atomic E-state index is 5.98. The van der Waals surface area contributed by atoms with Crippen molar-refractivity contribution in [1.82, 2.24) is 9.97 Å². The molecule has 0 atom stereocenters. The highest BCUT2D eigenvalue weighted by Gasteiger charge is 2.14. The van der Waals surface area contributed by atoms with Crippen LogP contribution in [0.25, 0.3) is 0 Å². The molecule has 1 aromatic carbocycles. The number of hydrogen-bond donors (Lipinski definition) is 1. The molecule has 0 aliphatic rings. The summed E-state index contributed by atoms with van der Waals surface area (Å²) in [6.07, 6.45) is 0. The molecule has 1 aromatic heterocycles. The minimum Gasteiger partial charge on any atom is -0.497 e. The molecule has 2 aromatic rings. The number of nitrogens with two attached hydrogens (primary N) is 1. The fraction of sp³-hybridized carbons (Fsp3) is 0.231. The molecule has 0 radical (unpaired) electrons. The first kappa shape index (κ1) is 13.4. The molecule has 1 heterocycles. The molecular formula is C13H15ClN4O. The molecule has 0 fully saturated rings. The Kier molecular flexibility index (Phi) is 3.76. The molecule has 2 rings (SSSR count). The molecule has 19 heavy (non-hydrogen) atoms. The first-order valence-electron chi connectivity index (χ1n) is 5.70. The summed E-state index contributed by atoms with van der Waals surface area (Å²) in [6, 6.07) is 7.59. The maximum absolute atomic E-state index is 5.98. The normalized spacial score (nSPS) is 10.3. The number of hydrogen-bond acceptors (Lipinski definition) is 5. The molecular weight excluding hydrogens is 264 g/mol. The highest BCUT2D eigenvalue weighted by atomic mass is 35.5. The van der Waals surface area contributed by atoms with Gasteiger partial charge in [0.15, 0.2) is 11.0 Å². The van der Waals surface area contributed by atoms with Crippen molar-refractivity contribution in [3.63, 3.8) is 0 Å². The summed E-state index contributed by atoms with van der Waals surface area (Å²) in [5.74, 6) is 1.96. The lowest BCUT2D eigenvalue weighted by Crippen LogP contribution is -2.15. The summed E-state index contributed by atoms with van der Waals surface area (Å²) < 4.78 is 5.13. The SMILES string of the molecule is COc1ccc(N(C)c2nc(C)nc(Cl)c2N)cc1. The third kappa shape index (κ3) is 2.71. The van der Waals surface area contributed by atoms with Crippen LogP contribution >= 0.6 is 11.6 Å². The third-order valence-corrected chi connectivity index (χ3v) is 3.06. The molecule has 0 saturated carbocycles. The molecule has 0 saturated heterocycles. The largest absolute Gasteiger partial charge is 0.497 e. The van der Waals surface area contributed by atoms with Crippen molar-refractivity contribution in [3.8, 4) is 5.75 Å². The number of ether oxygens (including phenoxy) is 1. The van der Waals surface area contributed by atoms with E-state index >= 15 is 0 Å². The number of anilines is 3. The zero-order valence-electron chi connectivity index (χ0n) is 11.0. The molecule has 0 unspecified atom stereocenters. The van der Waals surface area contributed by atoms with Gasteiger partial charge in [0, 0.05) is 12.7 Å². The third-order valence-electron chi connectivity index (χ3n) is 2.77. The molecule has 5 nitrogen and oxygen atoms in total. The number of aromatic nitrogens is 2. The summed E-state index contributed by atoms with van der Waals surface area (Å²) in [4.78, 5) is 10.2. The summed E-state index contributed by atoms with van der Waals surface area (Å²) in [5.41, 5.74) is 7.22. The molecule has 0 aliphatic heterocycles. The maximum Gasteiger partial charge on any atom is 0.161 e. The van der Waals surface area contributed by atoms with E-state index < -0.39 is 0 Å². The summed E-state index contributed by atoms with van der Waals surface area (Å²) in [5, 5.41) is 0.267. The van der Waals surface area contributed by atoms with Gasteiger partial charge in [0.1, 0.15) is 17.3 Å². The van der Waals surface area contributed by atoms with Crippen molar-refractivity contribution in [2.75, 3.05) is 24.8 Å². The molecule has 100 valence electrons. The van der Waals surface area contributed by atoms with Gasteiger partial charge in [0.05, 0.1) is 7.11 Å². The fourth-order valence-electron chi connectivity index (χ4n) is 1.72. The second-order valence-corrected chi connectivity index (χ2v) is 4.41. The molecule has 0 bridgehead atoms. The van der Waals surface area contributed by atoms with Crippen molar-refractivity contribution in [2.24, 2.45) is 0 Å². The Hall–Kier alpha value is -2.01. The first-order valence-corrected chi connectivity index (χ1v) is 6.08. The summed E-state index contributed by atoms with van der Waals surface area (Å²) in [7, 11) is 3.50. The van der Waals surface area contributed by atoms with Gasteiger partial charge in [-0.3, -0.25) is 0 Å². The van der Waals surface area contributed by atoms with Crippen LogP contribution in [0, 0.1) is 6.92 Å². The molecule has 0 amide bonds. The van der Waals surface area contributed by atoms with Gasteiger partial charge in [-0.05, 0) is 31.2 Å². The van der Waals surface area contributed by atoms with Crippen LogP contribution < -0.4 is 15.4 Å². The Morgan fingerprint density at radius 1 is 1.21 bits per heavy atom. The fourth-order valence-corrected chi connectivity index (χ4v) is 1.92. The topological polar surface area (TPSA) is 64.3 Å².